The highest BCUT2D eigenvalue weighted by molar-refractivity contribution is 6.04. The van der Waals surface area contributed by atoms with E-state index in [2.05, 4.69) is 25.1 Å². The maximum absolute atomic E-state index is 13.9. The molecule has 3 aromatic heterocycles. The van der Waals surface area contributed by atoms with Crippen molar-refractivity contribution in [3.8, 4) is 11.8 Å². The summed E-state index contributed by atoms with van der Waals surface area (Å²) in [5.74, 6) is -3.26. The Kier molecular flexibility index (Phi) is 6.64. The number of hydrogen-bond donors (Lipinski definition) is 2. The molecule has 1 aromatic carbocycles. The van der Waals surface area contributed by atoms with Gasteiger partial charge in [-0.2, -0.15) is 10.4 Å². The predicted octanol–water partition coefficient (Wildman–Crippen LogP) is 2.89. The number of nitrogens with one attached hydrogen (secondary N) is 1. The molecule has 0 unspecified atom stereocenters. The van der Waals surface area contributed by atoms with Crippen molar-refractivity contribution in [2.24, 2.45) is 7.05 Å². The van der Waals surface area contributed by atoms with Crippen LogP contribution in [0.5, 0.6) is 5.75 Å². The summed E-state index contributed by atoms with van der Waals surface area (Å²) in [6.45, 7) is 4.28. The Morgan fingerprint density at radius 2 is 2.14 bits per heavy atom. The summed E-state index contributed by atoms with van der Waals surface area (Å²) < 4.78 is 21.5. The van der Waals surface area contributed by atoms with E-state index in [0.29, 0.717) is 17.7 Å². The quantitative estimate of drug-likeness (QED) is 0.400. The van der Waals surface area contributed by atoms with Crippen molar-refractivity contribution >= 4 is 11.6 Å². The minimum atomic E-state index is -0.836. The van der Waals surface area contributed by atoms with Gasteiger partial charge in [-0.05, 0) is 30.2 Å². The number of anilines is 1. The third kappa shape index (κ3) is 4.46. The lowest BCUT2D eigenvalue weighted by molar-refractivity contribution is 0.101. The fourth-order valence-electron chi connectivity index (χ4n) is 4.13. The van der Waals surface area contributed by atoms with Gasteiger partial charge in [0.05, 0.1) is 24.0 Å². The second kappa shape index (κ2) is 9.83. The molecule has 184 valence electrons. The number of benzene rings is 1. The number of aromatic hydroxyl groups is 1. The first-order chi connectivity index (χ1) is 17.2. The van der Waals surface area contributed by atoms with Crippen molar-refractivity contribution < 1.29 is 18.8 Å². The third-order valence-corrected chi connectivity index (χ3v) is 5.92. The molecule has 0 fully saturated rings. The van der Waals surface area contributed by atoms with Crippen LogP contribution in [0.15, 0.2) is 52.4 Å². The van der Waals surface area contributed by atoms with Crippen LogP contribution in [0.3, 0.4) is 0 Å². The molecule has 0 bridgehead atoms. The molecule has 3 heterocycles. The van der Waals surface area contributed by atoms with Crippen molar-refractivity contribution in [1.29, 1.82) is 5.26 Å². The topological polar surface area (TPSA) is 152 Å². The molecule has 12 heteroatoms. The molecule has 4 aromatic rings. The number of rotatable bonds is 7. The molecule has 0 aliphatic carbocycles. The van der Waals surface area contributed by atoms with Crippen molar-refractivity contribution in [3.63, 3.8) is 0 Å². The number of aryl methyl sites for hydroxylation is 1. The van der Waals surface area contributed by atoms with E-state index in [1.807, 2.05) is 13.0 Å². The van der Waals surface area contributed by atoms with Crippen molar-refractivity contribution in [2.75, 3.05) is 5.32 Å². The molecule has 0 radical (unpaired) electrons. The predicted molar refractivity (Wildman–Crippen MR) is 125 cm³/mol. The Balaban J connectivity index is 1.87. The summed E-state index contributed by atoms with van der Waals surface area (Å²) in [5.41, 5.74) is 0.218. The summed E-state index contributed by atoms with van der Waals surface area (Å²) in [5, 5.41) is 30.4. The summed E-state index contributed by atoms with van der Waals surface area (Å²) in [7, 11) is 1.42. The average Bonchev–Trinajstić information content (AvgIpc) is 3.56. The number of halogens is 1. The molecule has 0 aliphatic heterocycles. The normalized spacial score (nSPS) is 12.6. The fraction of sp³-hybridized carbons (Fsp3) is 0.250. The average molecular weight is 491 g/mol. The summed E-state index contributed by atoms with van der Waals surface area (Å²) >= 11 is 0. The Labute approximate surface area is 204 Å². The molecule has 36 heavy (non-hydrogen) atoms. The van der Waals surface area contributed by atoms with Crippen LogP contribution in [0.4, 0.5) is 10.1 Å². The molecule has 4 rings (SSSR count). The molecule has 0 saturated heterocycles. The van der Waals surface area contributed by atoms with E-state index in [1.165, 1.54) is 31.6 Å². The smallest absolute Gasteiger partial charge is 0.296 e. The van der Waals surface area contributed by atoms with Crippen LogP contribution in [0.2, 0.25) is 0 Å². The van der Waals surface area contributed by atoms with Gasteiger partial charge in [0.15, 0.2) is 5.69 Å². The lowest BCUT2D eigenvalue weighted by atomic mass is 9.80. The first-order valence-electron chi connectivity index (χ1n) is 11.0. The first kappa shape index (κ1) is 24.3. The molecule has 0 spiro atoms. The zero-order valence-electron chi connectivity index (χ0n) is 19.6. The number of nitrogens with zero attached hydrogens (tertiary/aromatic N) is 6. The molecular formula is C24H22FN7O4. The van der Waals surface area contributed by atoms with Gasteiger partial charge in [0, 0.05) is 31.6 Å². The number of aromatic nitrogens is 5. The van der Waals surface area contributed by atoms with Gasteiger partial charge in [-0.3, -0.25) is 18.8 Å². The summed E-state index contributed by atoms with van der Waals surface area (Å²) in [4.78, 5) is 30.0. The first-order valence-corrected chi connectivity index (χ1v) is 11.0. The Morgan fingerprint density at radius 1 is 1.36 bits per heavy atom. The Bertz CT molecular complexity index is 1520. The van der Waals surface area contributed by atoms with E-state index in [9.17, 15) is 24.3 Å². The Hall–Kier alpha value is -4.79. The van der Waals surface area contributed by atoms with Gasteiger partial charge in [-0.25, -0.2) is 9.37 Å². The van der Waals surface area contributed by atoms with Crippen molar-refractivity contribution in [1.82, 2.24) is 24.5 Å². The summed E-state index contributed by atoms with van der Waals surface area (Å²) in [6, 6.07) is 5.93. The van der Waals surface area contributed by atoms with Gasteiger partial charge >= 0.3 is 0 Å². The molecule has 2 atom stereocenters. The van der Waals surface area contributed by atoms with E-state index in [1.54, 1.807) is 24.0 Å². The zero-order valence-corrected chi connectivity index (χ0v) is 19.6. The Morgan fingerprint density at radius 3 is 2.78 bits per heavy atom. The van der Waals surface area contributed by atoms with Crippen LogP contribution < -0.4 is 10.9 Å². The fourth-order valence-corrected chi connectivity index (χ4v) is 4.13. The van der Waals surface area contributed by atoms with Crippen LogP contribution in [0, 0.1) is 17.1 Å². The molecule has 11 nitrogen and oxygen atoms in total. The minimum Gasteiger partial charge on any atom is -0.501 e. The van der Waals surface area contributed by atoms with Gasteiger partial charge in [-0.1, -0.05) is 18.1 Å². The van der Waals surface area contributed by atoms with Crippen LogP contribution >= 0.6 is 0 Å². The monoisotopic (exact) mass is 491 g/mol. The molecule has 2 N–H and O–H groups in total. The van der Waals surface area contributed by atoms with Crippen LogP contribution in [0.1, 0.15) is 58.7 Å². The number of hydrogen-bond acceptors (Lipinski definition) is 8. The van der Waals surface area contributed by atoms with E-state index in [4.69, 9.17) is 0 Å². The number of amides is 1. The van der Waals surface area contributed by atoms with Crippen molar-refractivity contribution in [3.05, 3.63) is 87.4 Å². The maximum Gasteiger partial charge on any atom is 0.296 e. The van der Waals surface area contributed by atoms with Gasteiger partial charge in [-0.15, -0.1) is 0 Å². The highest BCUT2D eigenvalue weighted by Crippen LogP contribution is 2.39. The molecule has 0 saturated carbocycles. The van der Waals surface area contributed by atoms with Crippen LogP contribution in [0.25, 0.3) is 0 Å². The highest BCUT2D eigenvalue weighted by atomic mass is 19.1. The minimum absolute atomic E-state index is 0.116. The second-order valence-corrected chi connectivity index (χ2v) is 8.14. The maximum atomic E-state index is 13.9. The van der Waals surface area contributed by atoms with E-state index in [-0.39, 0.29) is 17.1 Å². The van der Waals surface area contributed by atoms with Crippen LogP contribution in [-0.2, 0) is 13.6 Å². The molecule has 0 aliphatic rings. The largest absolute Gasteiger partial charge is 0.501 e. The number of nitriles is 1. The number of carbonyl (C=O) groups is 1. The zero-order chi connectivity index (χ0) is 26.0. The van der Waals surface area contributed by atoms with Gasteiger partial charge in [0.1, 0.15) is 23.6 Å². The highest BCUT2D eigenvalue weighted by Gasteiger charge is 2.31. The van der Waals surface area contributed by atoms with E-state index < -0.39 is 40.6 Å². The van der Waals surface area contributed by atoms with E-state index >= 15 is 0 Å². The van der Waals surface area contributed by atoms with E-state index in [0.717, 1.165) is 10.6 Å². The molecular weight excluding hydrogens is 469 g/mol. The lowest BCUT2D eigenvalue weighted by Crippen LogP contribution is -2.29. The standard InChI is InChI=1S/C24H22FN7O4/c1-4-32-11-15(9-27-32)19(18-6-5-16(25)7-14(18)8-26)13(2)22-30-20(21(33)24(35)31(22)3)23(34)29-17-10-28-36-12-17/h5-7,9-13,19,33H,4H2,1-3H3,(H,29,34)/t13-,19+/m0/s1. The summed E-state index contributed by atoms with van der Waals surface area (Å²) in [6.07, 6.45) is 5.86. The van der Waals surface area contributed by atoms with Gasteiger partial charge < -0.3 is 14.9 Å². The lowest BCUT2D eigenvalue weighted by Gasteiger charge is -2.26. The second-order valence-electron chi connectivity index (χ2n) is 8.14. The SMILES string of the molecule is CCn1cc([C@H](c2ccc(F)cc2C#N)[C@H](C)c2nc(C(=O)Nc3cnoc3)c(O)c(=O)n2C)cn1. The van der Waals surface area contributed by atoms with Gasteiger partial charge in [0.2, 0.25) is 5.75 Å². The van der Waals surface area contributed by atoms with Crippen molar-refractivity contribution in [2.45, 2.75) is 32.2 Å². The van der Waals surface area contributed by atoms with Gasteiger partial charge in [0.25, 0.3) is 11.5 Å². The molecule has 1 amide bonds. The number of carbonyl (C=O) groups excluding carboxylic acids is 1. The third-order valence-electron chi connectivity index (χ3n) is 5.92. The van der Waals surface area contributed by atoms with Crippen LogP contribution in [-0.4, -0.2) is 35.5 Å².